The number of nitrogens with zero attached hydrogens (tertiary/aromatic N) is 2. The minimum atomic E-state index is -0.692. The lowest BCUT2D eigenvalue weighted by molar-refractivity contribution is 0.436. The van der Waals surface area contributed by atoms with Gasteiger partial charge in [0.2, 0.25) is 5.88 Å². The molecule has 1 unspecified atom stereocenters. The average molecular weight is 401 g/mol. The second kappa shape index (κ2) is 6.70. The summed E-state index contributed by atoms with van der Waals surface area (Å²) in [7, 11) is 0. The highest BCUT2D eigenvalue weighted by Crippen LogP contribution is 2.53. The third-order valence-corrected chi connectivity index (χ3v) is 5.82. The molecule has 1 N–H and O–H groups in total. The summed E-state index contributed by atoms with van der Waals surface area (Å²) in [4.78, 5) is 17.4. The molecule has 138 valence electrons. The van der Waals surface area contributed by atoms with Gasteiger partial charge in [-0.3, -0.25) is 9.79 Å². The summed E-state index contributed by atoms with van der Waals surface area (Å²) in [5, 5.41) is 12.1. The highest BCUT2D eigenvalue weighted by molar-refractivity contribution is 6.50. The van der Waals surface area contributed by atoms with E-state index in [0.29, 0.717) is 35.0 Å². The monoisotopic (exact) mass is 400 g/mol. The van der Waals surface area contributed by atoms with Crippen LogP contribution in [-0.4, -0.2) is 26.8 Å². The molecule has 0 spiro atoms. The zero-order valence-corrected chi connectivity index (χ0v) is 16.2. The first-order valence-corrected chi connectivity index (χ1v) is 9.45. The number of pyridine rings is 1. The second-order valence-electron chi connectivity index (χ2n) is 6.92. The Morgan fingerprint density at radius 1 is 1.19 bits per heavy atom. The summed E-state index contributed by atoms with van der Waals surface area (Å²) in [5.41, 5.74) is 1.91. The lowest BCUT2D eigenvalue weighted by Crippen LogP contribution is -2.20. The van der Waals surface area contributed by atoms with E-state index >= 15 is 0 Å². The van der Waals surface area contributed by atoms with Gasteiger partial charge in [-0.05, 0) is 31.5 Å². The summed E-state index contributed by atoms with van der Waals surface area (Å²) >= 11 is 12.1. The molecule has 1 saturated carbocycles. The molecule has 1 heterocycles. The summed E-state index contributed by atoms with van der Waals surface area (Å²) in [5.74, 6) is -0.0152. The number of benzene rings is 2. The quantitative estimate of drug-likeness (QED) is 0.513. The predicted molar refractivity (Wildman–Crippen MR) is 111 cm³/mol. The maximum Gasteiger partial charge on any atom is 0.265 e. The van der Waals surface area contributed by atoms with Crippen molar-refractivity contribution in [2.24, 2.45) is 10.9 Å². The van der Waals surface area contributed by atoms with Crippen LogP contribution in [-0.2, 0) is 0 Å². The molecule has 0 bridgehead atoms. The maximum atomic E-state index is 13.0. The predicted octanol–water partition coefficient (Wildman–Crippen LogP) is 4.62. The van der Waals surface area contributed by atoms with Gasteiger partial charge >= 0.3 is 0 Å². The Kier molecular flexibility index (Phi) is 4.49. The van der Waals surface area contributed by atoms with Crippen molar-refractivity contribution in [2.75, 3.05) is 6.54 Å². The van der Waals surface area contributed by atoms with Crippen molar-refractivity contribution in [1.82, 2.24) is 4.57 Å². The van der Waals surface area contributed by atoms with Crippen molar-refractivity contribution in [3.63, 3.8) is 0 Å². The molecule has 4 rings (SSSR count). The first kappa shape index (κ1) is 18.1. The van der Waals surface area contributed by atoms with Crippen LogP contribution < -0.4 is 5.56 Å². The molecule has 1 fully saturated rings. The van der Waals surface area contributed by atoms with Gasteiger partial charge in [0.15, 0.2) is 0 Å². The molecule has 0 saturated heterocycles. The van der Waals surface area contributed by atoms with Crippen LogP contribution in [0.4, 0.5) is 0 Å². The number of alkyl halides is 2. The zero-order chi connectivity index (χ0) is 19.2. The number of aromatic nitrogens is 1. The van der Waals surface area contributed by atoms with Gasteiger partial charge in [-0.15, -0.1) is 23.2 Å². The van der Waals surface area contributed by atoms with E-state index in [1.54, 1.807) is 18.3 Å². The molecule has 1 atom stereocenters. The third kappa shape index (κ3) is 3.35. The summed E-state index contributed by atoms with van der Waals surface area (Å²) in [6, 6.07) is 14.6. The van der Waals surface area contributed by atoms with Crippen LogP contribution in [0.1, 0.15) is 17.5 Å². The third-order valence-electron chi connectivity index (χ3n) is 4.90. The number of aliphatic imine (C=N–C) groups is 1. The fourth-order valence-corrected chi connectivity index (χ4v) is 3.67. The van der Waals surface area contributed by atoms with Gasteiger partial charge < -0.3 is 5.11 Å². The van der Waals surface area contributed by atoms with Crippen LogP contribution in [0.15, 0.2) is 58.3 Å². The van der Waals surface area contributed by atoms with Gasteiger partial charge in [-0.25, -0.2) is 4.57 Å². The molecule has 3 aromatic rings. The molecule has 1 aliphatic carbocycles. The summed E-state index contributed by atoms with van der Waals surface area (Å²) in [6.45, 7) is 2.45. The zero-order valence-electron chi connectivity index (χ0n) is 14.7. The minimum absolute atomic E-state index is 0.119. The number of rotatable bonds is 4. The second-order valence-corrected chi connectivity index (χ2v) is 8.46. The Bertz CT molecular complexity index is 1100. The van der Waals surface area contributed by atoms with E-state index in [2.05, 4.69) is 4.99 Å². The smallest absolute Gasteiger partial charge is 0.265 e. The molecule has 1 aromatic heterocycles. The summed E-state index contributed by atoms with van der Waals surface area (Å²) < 4.78 is 0.621. The molecule has 4 nitrogen and oxygen atoms in total. The molecule has 0 radical (unpaired) electrons. The van der Waals surface area contributed by atoms with Gasteiger partial charge in [-0.2, -0.15) is 0 Å². The van der Waals surface area contributed by atoms with E-state index in [4.69, 9.17) is 23.2 Å². The fourth-order valence-electron chi connectivity index (χ4n) is 3.16. The van der Waals surface area contributed by atoms with E-state index in [-0.39, 0.29) is 17.4 Å². The van der Waals surface area contributed by atoms with Crippen molar-refractivity contribution < 1.29 is 5.11 Å². The standard InChI is InChI=1S/C21H18Cl2N2O2/c1-13-6-8-15(9-7-13)25-19(26)17-5-3-2-4-16(17)18(20(25)27)12-24-11-14-10-21(14,22)23/h2-9,12,14,27H,10-11H2,1H3. The number of fused-ring (bicyclic) bond motifs is 1. The Morgan fingerprint density at radius 3 is 2.44 bits per heavy atom. The largest absolute Gasteiger partial charge is 0.494 e. The Labute approximate surface area is 166 Å². The van der Waals surface area contributed by atoms with Crippen molar-refractivity contribution in [3.8, 4) is 11.6 Å². The molecular weight excluding hydrogens is 383 g/mol. The fraction of sp³-hybridized carbons (Fsp3) is 0.238. The lowest BCUT2D eigenvalue weighted by Gasteiger charge is -2.14. The molecule has 0 aliphatic heterocycles. The van der Waals surface area contributed by atoms with Crippen LogP contribution in [0.5, 0.6) is 5.88 Å². The number of aryl methyl sites for hydroxylation is 1. The van der Waals surface area contributed by atoms with Gasteiger partial charge in [-0.1, -0.05) is 35.9 Å². The number of aromatic hydroxyl groups is 1. The van der Waals surface area contributed by atoms with E-state index < -0.39 is 4.33 Å². The van der Waals surface area contributed by atoms with E-state index in [1.807, 2.05) is 43.3 Å². The van der Waals surface area contributed by atoms with E-state index in [0.717, 1.165) is 5.56 Å². The SMILES string of the molecule is Cc1ccc(-n2c(O)c(C=NCC3CC3(Cl)Cl)c3ccccc3c2=O)cc1. The van der Waals surface area contributed by atoms with E-state index in [1.165, 1.54) is 4.57 Å². The van der Waals surface area contributed by atoms with Gasteiger partial charge in [0, 0.05) is 29.4 Å². The number of hydrogen-bond donors (Lipinski definition) is 1. The molecule has 1 aliphatic rings. The Hall–Kier alpha value is -2.30. The molecule has 2 aromatic carbocycles. The Morgan fingerprint density at radius 2 is 1.81 bits per heavy atom. The van der Waals surface area contributed by atoms with Crippen molar-refractivity contribution in [1.29, 1.82) is 0 Å². The molecule has 0 amide bonds. The number of hydrogen-bond acceptors (Lipinski definition) is 3. The van der Waals surface area contributed by atoms with Gasteiger partial charge in [0.1, 0.15) is 4.33 Å². The number of halogens is 2. The van der Waals surface area contributed by atoms with Crippen LogP contribution in [0.2, 0.25) is 0 Å². The van der Waals surface area contributed by atoms with Crippen LogP contribution in [0, 0.1) is 12.8 Å². The summed E-state index contributed by atoms with van der Waals surface area (Å²) in [6.07, 6.45) is 2.31. The van der Waals surface area contributed by atoms with Gasteiger partial charge in [0.25, 0.3) is 5.56 Å². The van der Waals surface area contributed by atoms with Gasteiger partial charge in [0.05, 0.1) is 11.3 Å². The normalized spacial score (nSPS) is 18.3. The molecule has 27 heavy (non-hydrogen) atoms. The first-order chi connectivity index (χ1) is 12.9. The van der Waals surface area contributed by atoms with Crippen LogP contribution in [0.25, 0.3) is 16.5 Å². The highest BCUT2D eigenvalue weighted by atomic mass is 35.5. The van der Waals surface area contributed by atoms with Crippen molar-refractivity contribution in [2.45, 2.75) is 17.7 Å². The average Bonchev–Trinajstić information content (AvgIpc) is 3.26. The Balaban J connectivity index is 1.85. The van der Waals surface area contributed by atoms with Crippen molar-refractivity contribution in [3.05, 3.63) is 70.0 Å². The molecular formula is C21H18Cl2N2O2. The topological polar surface area (TPSA) is 54.6 Å². The van der Waals surface area contributed by atoms with Crippen LogP contribution in [0.3, 0.4) is 0 Å². The lowest BCUT2D eigenvalue weighted by atomic mass is 10.1. The van der Waals surface area contributed by atoms with E-state index in [9.17, 15) is 9.90 Å². The van der Waals surface area contributed by atoms with Crippen LogP contribution >= 0.6 is 23.2 Å². The highest BCUT2D eigenvalue weighted by Gasteiger charge is 2.51. The minimum Gasteiger partial charge on any atom is -0.494 e. The van der Waals surface area contributed by atoms with Crippen molar-refractivity contribution >= 4 is 40.2 Å². The maximum absolute atomic E-state index is 13.0. The molecule has 6 heteroatoms. The first-order valence-electron chi connectivity index (χ1n) is 8.70.